The van der Waals surface area contributed by atoms with Crippen LogP contribution in [0.5, 0.6) is 0 Å². The molecule has 4 rings (SSSR count). The largest absolute Gasteiger partial charge is 0.348 e. The number of hydrogen-bond acceptors (Lipinski definition) is 7. The molecule has 0 atom stereocenters. The summed E-state index contributed by atoms with van der Waals surface area (Å²) in [6.45, 7) is 1.75. The summed E-state index contributed by atoms with van der Waals surface area (Å²) in [4.78, 5) is 31.0. The summed E-state index contributed by atoms with van der Waals surface area (Å²) < 4.78 is 1.15. The number of piperidine rings is 1. The van der Waals surface area contributed by atoms with E-state index in [1.807, 2.05) is 6.07 Å². The molecular weight excluding hydrogens is 324 g/mol. The van der Waals surface area contributed by atoms with Crippen LogP contribution < -0.4 is 10.2 Å². The number of amides is 1. The van der Waals surface area contributed by atoms with Gasteiger partial charge in [-0.25, -0.2) is 15.0 Å². The molecule has 1 N–H and O–H groups in total. The van der Waals surface area contributed by atoms with Crippen LogP contribution in [-0.2, 0) is 0 Å². The van der Waals surface area contributed by atoms with Crippen LogP contribution in [0.1, 0.15) is 23.3 Å². The van der Waals surface area contributed by atoms with Crippen molar-refractivity contribution >= 4 is 32.6 Å². The lowest BCUT2D eigenvalue weighted by Crippen LogP contribution is -2.44. The average Bonchev–Trinajstić information content (AvgIpc) is 3.07. The van der Waals surface area contributed by atoms with Gasteiger partial charge in [-0.05, 0) is 25.0 Å². The lowest BCUT2D eigenvalue weighted by molar-refractivity contribution is 0.0926. The average molecular weight is 340 g/mol. The smallest absolute Gasteiger partial charge is 0.270 e. The highest BCUT2D eigenvalue weighted by molar-refractivity contribution is 7.22. The summed E-state index contributed by atoms with van der Waals surface area (Å²) >= 11 is 1.69. The lowest BCUT2D eigenvalue weighted by atomic mass is 10.1. The van der Waals surface area contributed by atoms with Crippen molar-refractivity contribution in [2.75, 3.05) is 18.0 Å². The Morgan fingerprint density at radius 3 is 2.79 bits per heavy atom. The first-order chi connectivity index (χ1) is 11.8. The van der Waals surface area contributed by atoms with Gasteiger partial charge in [-0.15, -0.1) is 0 Å². The molecule has 7 nitrogen and oxygen atoms in total. The maximum absolute atomic E-state index is 12.1. The number of nitrogens with zero attached hydrogens (tertiary/aromatic N) is 5. The van der Waals surface area contributed by atoms with E-state index in [2.05, 4.69) is 30.2 Å². The molecule has 1 saturated heterocycles. The van der Waals surface area contributed by atoms with Crippen molar-refractivity contribution in [3.8, 4) is 0 Å². The molecule has 8 heteroatoms. The molecule has 0 spiro atoms. The summed E-state index contributed by atoms with van der Waals surface area (Å²) in [6.07, 6.45) is 8.34. The molecule has 4 heterocycles. The molecule has 1 aliphatic rings. The summed E-state index contributed by atoms with van der Waals surface area (Å²) in [5.74, 6) is -0.137. The van der Waals surface area contributed by atoms with E-state index in [4.69, 9.17) is 0 Å². The number of fused-ring (bicyclic) bond motifs is 1. The van der Waals surface area contributed by atoms with Crippen LogP contribution in [0.15, 0.2) is 37.1 Å². The molecule has 0 radical (unpaired) electrons. The zero-order chi connectivity index (χ0) is 16.4. The first kappa shape index (κ1) is 14.9. The van der Waals surface area contributed by atoms with Crippen molar-refractivity contribution < 1.29 is 4.79 Å². The van der Waals surface area contributed by atoms with Gasteiger partial charge in [-0.3, -0.25) is 9.78 Å². The quantitative estimate of drug-likeness (QED) is 0.784. The zero-order valence-corrected chi connectivity index (χ0v) is 13.7. The molecule has 122 valence electrons. The zero-order valence-electron chi connectivity index (χ0n) is 12.9. The van der Waals surface area contributed by atoms with E-state index < -0.39 is 0 Å². The van der Waals surface area contributed by atoms with Gasteiger partial charge >= 0.3 is 0 Å². The first-order valence-corrected chi connectivity index (χ1v) is 8.63. The predicted molar refractivity (Wildman–Crippen MR) is 92.1 cm³/mol. The number of carbonyl (C=O) groups excluding carboxylic acids is 1. The van der Waals surface area contributed by atoms with Crippen LogP contribution >= 0.6 is 11.3 Å². The number of aromatic nitrogens is 4. The Labute approximate surface area is 142 Å². The highest BCUT2D eigenvalue weighted by atomic mass is 32.1. The minimum atomic E-state index is -0.137. The Morgan fingerprint density at radius 1 is 1.21 bits per heavy atom. The lowest BCUT2D eigenvalue weighted by Gasteiger charge is -2.32. The highest BCUT2D eigenvalue weighted by Gasteiger charge is 2.23. The van der Waals surface area contributed by atoms with Crippen molar-refractivity contribution in [3.05, 3.63) is 42.7 Å². The van der Waals surface area contributed by atoms with E-state index in [1.165, 1.54) is 6.33 Å². The van der Waals surface area contributed by atoms with Crippen LogP contribution in [0.3, 0.4) is 0 Å². The fourth-order valence-electron chi connectivity index (χ4n) is 2.80. The summed E-state index contributed by atoms with van der Waals surface area (Å²) in [5, 5.41) is 4.08. The third-order valence-corrected chi connectivity index (χ3v) is 5.19. The van der Waals surface area contributed by atoms with E-state index in [0.29, 0.717) is 5.69 Å². The van der Waals surface area contributed by atoms with Crippen LogP contribution in [0.4, 0.5) is 5.13 Å². The normalized spacial score (nSPS) is 15.6. The van der Waals surface area contributed by atoms with Crippen molar-refractivity contribution in [3.63, 3.8) is 0 Å². The fraction of sp³-hybridized carbons (Fsp3) is 0.312. The predicted octanol–water partition coefficient (Wildman–Crippen LogP) is 1.88. The van der Waals surface area contributed by atoms with Crippen molar-refractivity contribution in [2.45, 2.75) is 18.9 Å². The maximum Gasteiger partial charge on any atom is 0.270 e. The van der Waals surface area contributed by atoms with Crippen molar-refractivity contribution in [2.24, 2.45) is 0 Å². The Bertz CT molecular complexity index is 811. The van der Waals surface area contributed by atoms with Crippen molar-refractivity contribution in [1.82, 2.24) is 25.3 Å². The van der Waals surface area contributed by atoms with Crippen LogP contribution in [0.25, 0.3) is 10.2 Å². The molecule has 1 fully saturated rings. The number of rotatable bonds is 3. The minimum absolute atomic E-state index is 0.137. The van der Waals surface area contributed by atoms with E-state index in [-0.39, 0.29) is 11.9 Å². The van der Waals surface area contributed by atoms with Gasteiger partial charge < -0.3 is 10.2 Å². The molecule has 24 heavy (non-hydrogen) atoms. The van der Waals surface area contributed by atoms with Crippen LogP contribution in [-0.4, -0.2) is 45.0 Å². The van der Waals surface area contributed by atoms with E-state index in [1.54, 1.807) is 36.0 Å². The molecule has 1 amide bonds. The molecule has 0 aliphatic carbocycles. The molecule has 0 saturated carbocycles. The SMILES string of the molecule is O=C(NC1CCN(c2nc3cnccc3s2)CC1)c1ccncn1. The van der Waals surface area contributed by atoms with Gasteiger partial charge in [0.2, 0.25) is 0 Å². The Kier molecular flexibility index (Phi) is 4.04. The van der Waals surface area contributed by atoms with Gasteiger partial charge in [0, 0.05) is 31.5 Å². The molecular formula is C16H16N6OS. The van der Waals surface area contributed by atoms with Gasteiger partial charge in [0.05, 0.1) is 10.9 Å². The van der Waals surface area contributed by atoms with Gasteiger partial charge in [0.1, 0.15) is 17.5 Å². The third-order valence-electron chi connectivity index (χ3n) is 4.09. The number of carbonyl (C=O) groups is 1. The summed E-state index contributed by atoms with van der Waals surface area (Å²) in [5.41, 5.74) is 1.35. The number of pyridine rings is 1. The van der Waals surface area contributed by atoms with E-state index in [0.717, 1.165) is 41.3 Å². The Balaban J connectivity index is 1.37. The van der Waals surface area contributed by atoms with Gasteiger partial charge in [0.15, 0.2) is 5.13 Å². The summed E-state index contributed by atoms with van der Waals surface area (Å²) in [7, 11) is 0. The molecule has 0 aromatic carbocycles. The maximum atomic E-state index is 12.1. The number of anilines is 1. The second-order valence-corrected chi connectivity index (χ2v) is 6.68. The number of thiazole rings is 1. The van der Waals surface area contributed by atoms with Gasteiger partial charge in [-0.1, -0.05) is 11.3 Å². The topological polar surface area (TPSA) is 83.9 Å². The fourth-order valence-corrected chi connectivity index (χ4v) is 3.79. The van der Waals surface area contributed by atoms with Gasteiger partial charge in [0.25, 0.3) is 5.91 Å². The molecule has 0 unspecified atom stereocenters. The van der Waals surface area contributed by atoms with Crippen LogP contribution in [0, 0.1) is 0 Å². The second kappa shape index (κ2) is 6.48. The molecule has 0 bridgehead atoms. The molecule has 1 aliphatic heterocycles. The molecule has 3 aromatic rings. The Morgan fingerprint density at radius 2 is 2.04 bits per heavy atom. The van der Waals surface area contributed by atoms with Crippen LogP contribution in [0.2, 0.25) is 0 Å². The third kappa shape index (κ3) is 3.05. The monoisotopic (exact) mass is 340 g/mol. The van der Waals surface area contributed by atoms with E-state index >= 15 is 0 Å². The number of nitrogens with one attached hydrogen (secondary N) is 1. The van der Waals surface area contributed by atoms with Gasteiger partial charge in [-0.2, -0.15) is 0 Å². The second-order valence-electron chi connectivity index (χ2n) is 5.67. The first-order valence-electron chi connectivity index (χ1n) is 7.82. The highest BCUT2D eigenvalue weighted by Crippen LogP contribution is 2.29. The van der Waals surface area contributed by atoms with Crippen molar-refractivity contribution in [1.29, 1.82) is 0 Å². The minimum Gasteiger partial charge on any atom is -0.348 e. The number of hydrogen-bond donors (Lipinski definition) is 1. The van der Waals surface area contributed by atoms with E-state index in [9.17, 15) is 4.79 Å². The summed E-state index contributed by atoms with van der Waals surface area (Å²) in [6, 6.07) is 3.78. The Hall–Kier alpha value is -2.61. The molecule has 3 aromatic heterocycles. The standard InChI is InChI=1S/C16H16N6OS/c23-15(12-1-5-18-10-19-12)20-11-3-7-22(8-4-11)16-21-13-9-17-6-2-14(13)24-16/h1-2,5-6,9-11H,3-4,7-8H2,(H,20,23).